The zero-order chi connectivity index (χ0) is 22.8. The van der Waals surface area contributed by atoms with Crippen LogP contribution in [-0.4, -0.2) is 54.5 Å². The van der Waals surface area contributed by atoms with E-state index in [-0.39, 0.29) is 22.8 Å². The van der Waals surface area contributed by atoms with Gasteiger partial charge in [0.1, 0.15) is 0 Å². The van der Waals surface area contributed by atoms with Crippen LogP contribution in [0.25, 0.3) is 0 Å². The van der Waals surface area contributed by atoms with Crippen LogP contribution in [0.2, 0.25) is 0 Å². The lowest BCUT2D eigenvalue weighted by Gasteiger charge is -2.20. The smallest absolute Gasteiger partial charge is 0.254 e. The van der Waals surface area contributed by atoms with Crippen molar-refractivity contribution in [2.24, 2.45) is 0 Å². The molecule has 0 atom stereocenters. The van der Waals surface area contributed by atoms with Gasteiger partial charge in [0.15, 0.2) is 5.16 Å². The van der Waals surface area contributed by atoms with Gasteiger partial charge in [-0.15, -0.1) is 0 Å². The van der Waals surface area contributed by atoms with E-state index in [2.05, 4.69) is 9.97 Å². The molecule has 1 aliphatic rings. The lowest BCUT2D eigenvalue weighted by Crippen LogP contribution is -2.31. The molecule has 0 radical (unpaired) electrons. The molecule has 1 aromatic heterocycles. The molecule has 3 rings (SSSR count). The normalized spacial score (nSPS) is 13.6. The predicted molar refractivity (Wildman–Crippen MR) is 122 cm³/mol. The largest absolute Gasteiger partial charge is 0.312 e. The monoisotopic (exact) mass is 464 g/mol. The number of thioether (sulfide) groups is 1. The molecule has 0 aliphatic carbocycles. The molecule has 0 unspecified atom stereocenters. The number of amides is 1. The maximum absolute atomic E-state index is 12.9. The Morgan fingerprint density at radius 2 is 2.00 bits per heavy atom. The summed E-state index contributed by atoms with van der Waals surface area (Å²) in [4.78, 5) is 34.2. The number of rotatable bonds is 8. The Bertz CT molecular complexity index is 1140. The molecule has 10 heteroatoms. The van der Waals surface area contributed by atoms with E-state index < -0.39 is 10.0 Å². The summed E-state index contributed by atoms with van der Waals surface area (Å²) in [6.07, 6.45) is 2.93. The molecule has 1 aromatic carbocycles. The summed E-state index contributed by atoms with van der Waals surface area (Å²) >= 11 is 1.36. The zero-order valence-electron chi connectivity index (χ0n) is 18.3. The molecule has 2 aromatic rings. The van der Waals surface area contributed by atoms with Crippen LogP contribution in [0.4, 0.5) is 5.69 Å². The minimum atomic E-state index is -3.54. The number of carbonyl (C=O) groups is 1. The van der Waals surface area contributed by atoms with Crippen LogP contribution in [0.3, 0.4) is 0 Å². The van der Waals surface area contributed by atoms with Gasteiger partial charge in [-0.05, 0) is 49.8 Å². The molecule has 0 spiro atoms. The number of anilines is 1. The lowest BCUT2D eigenvalue weighted by atomic mass is 10.1. The van der Waals surface area contributed by atoms with E-state index in [4.69, 9.17) is 0 Å². The summed E-state index contributed by atoms with van der Waals surface area (Å²) in [6, 6.07) is 4.96. The summed E-state index contributed by atoms with van der Waals surface area (Å²) in [6.45, 7) is 6.72. The van der Waals surface area contributed by atoms with Crippen LogP contribution in [0.1, 0.15) is 37.1 Å². The number of benzene rings is 1. The van der Waals surface area contributed by atoms with Gasteiger partial charge in [0.2, 0.25) is 15.9 Å². The Kier molecular flexibility index (Phi) is 7.23. The number of aryl methyl sites for hydroxylation is 1. The average molecular weight is 465 g/mol. The van der Waals surface area contributed by atoms with E-state index in [1.54, 1.807) is 30.0 Å². The number of H-pyrrole nitrogens is 1. The summed E-state index contributed by atoms with van der Waals surface area (Å²) in [5, 5.41) is 0.557. The van der Waals surface area contributed by atoms with E-state index in [1.165, 1.54) is 16.1 Å². The molecule has 31 heavy (non-hydrogen) atoms. The molecule has 0 bridgehead atoms. The SMILES string of the molecule is CCN(CC)S(=O)(=O)c1ccc2c(c1)CCN2C(=O)CCc1c(C)nc(SC)[nH]c1=O. The third kappa shape index (κ3) is 4.70. The molecule has 0 saturated carbocycles. The highest BCUT2D eigenvalue weighted by Crippen LogP contribution is 2.31. The number of carbonyl (C=O) groups excluding carboxylic acids is 1. The van der Waals surface area contributed by atoms with Crippen molar-refractivity contribution in [3.63, 3.8) is 0 Å². The van der Waals surface area contributed by atoms with Gasteiger partial charge in [0, 0.05) is 43.0 Å². The number of aromatic amines is 1. The number of nitrogens with zero attached hydrogens (tertiary/aromatic N) is 3. The Hall–Kier alpha value is -2.17. The van der Waals surface area contributed by atoms with Crippen LogP contribution in [0.5, 0.6) is 0 Å². The fraction of sp³-hybridized carbons (Fsp3) is 0.476. The number of sulfonamides is 1. The van der Waals surface area contributed by atoms with Crippen molar-refractivity contribution in [3.05, 3.63) is 45.4 Å². The third-order valence-corrected chi connectivity index (χ3v) is 8.20. The molecular formula is C21H28N4O4S2. The minimum Gasteiger partial charge on any atom is -0.312 e. The van der Waals surface area contributed by atoms with Crippen molar-refractivity contribution in [1.29, 1.82) is 0 Å². The molecule has 1 aliphatic heterocycles. The topological polar surface area (TPSA) is 103 Å². The first-order chi connectivity index (χ1) is 14.7. The lowest BCUT2D eigenvalue weighted by molar-refractivity contribution is -0.118. The average Bonchev–Trinajstić information content (AvgIpc) is 3.17. The molecule has 1 amide bonds. The standard InChI is InChI=1S/C21H28N4O4S2/c1-5-24(6-2)31(28,29)16-7-9-18-15(13-16)11-12-25(18)19(26)10-8-17-14(3)22-21(30-4)23-20(17)27/h7,9,13H,5-6,8,10-12H2,1-4H3,(H,22,23,27). The molecule has 2 heterocycles. The summed E-state index contributed by atoms with van der Waals surface area (Å²) < 4.78 is 27.0. The first kappa shape index (κ1) is 23.5. The molecule has 1 N–H and O–H groups in total. The van der Waals surface area contributed by atoms with Crippen LogP contribution in [0, 0.1) is 6.92 Å². The first-order valence-electron chi connectivity index (χ1n) is 10.3. The predicted octanol–water partition coefficient (Wildman–Crippen LogP) is 2.35. The van der Waals surface area contributed by atoms with E-state index in [0.29, 0.717) is 48.9 Å². The van der Waals surface area contributed by atoms with Crippen molar-refractivity contribution in [2.75, 3.05) is 30.8 Å². The van der Waals surface area contributed by atoms with E-state index in [9.17, 15) is 18.0 Å². The fourth-order valence-corrected chi connectivity index (χ4v) is 5.79. The second-order valence-corrected chi connectivity index (χ2v) is 10.0. The highest BCUT2D eigenvalue weighted by atomic mass is 32.2. The van der Waals surface area contributed by atoms with Gasteiger partial charge in [-0.1, -0.05) is 25.6 Å². The highest BCUT2D eigenvalue weighted by molar-refractivity contribution is 7.98. The van der Waals surface area contributed by atoms with E-state index >= 15 is 0 Å². The molecule has 168 valence electrons. The van der Waals surface area contributed by atoms with Crippen LogP contribution < -0.4 is 10.5 Å². The van der Waals surface area contributed by atoms with Gasteiger partial charge < -0.3 is 9.88 Å². The quantitative estimate of drug-likeness (QED) is 0.475. The van der Waals surface area contributed by atoms with Crippen molar-refractivity contribution in [3.8, 4) is 0 Å². The van der Waals surface area contributed by atoms with Gasteiger partial charge in [-0.2, -0.15) is 4.31 Å². The second-order valence-electron chi connectivity index (χ2n) is 7.31. The number of nitrogens with one attached hydrogen (secondary N) is 1. The summed E-state index contributed by atoms with van der Waals surface area (Å²) in [5.74, 6) is -0.0918. The number of hydrogen-bond donors (Lipinski definition) is 1. The molecule has 0 fully saturated rings. The maximum Gasteiger partial charge on any atom is 0.254 e. The Morgan fingerprint density at radius 1 is 1.29 bits per heavy atom. The Balaban J connectivity index is 1.76. The molecule has 8 nitrogen and oxygen atoms in total. The minimum absolute atomic E-state index is 0.0918. The molecule has 0 saturated heterocycles. The maximum atomic E-state index is 12.9. The number of hydrogen-bond acceptors (Lipinski definition) is 6. The van der Waals surface area contributed by atoms with Crippen molar-refractivity contribution < 1.29 is 13.2 Å². The summed E-state index contributed by atoms with van der Waals surface area (Å²) in [7, 11) is -3.54. The number of aromatic nitrogens is 2. The van der Waals surface area contributed by atoms with Crippen LogP contribution >= 0.6 is 11.8 Å². The van der Waals surface area contributed by atoms with E-state index in [1.807, 2.05) is 20.1 Å². The highest BCUT2D eigenvalue weighted by Gasteiger charge is 2.28. The van der Waals surface area contributed by atoms with Gasteiger partial charge >= 0.3 is 0 Å². The van der Waals surface area contributed by atoms with Gasteiger partial charge in [0.25, 0.3) is 5.56 Å². The van der Waals surface area contributed by atoms with Crippen molar-refractivity contribution in [1.82, 2.24) is 14.3 Å². The Labute approximate surface area is 187 Å². The van der Waals surface area contributed by atoms with E-state index in [0.717, 1.165) is 11.3 Å². The van der Waals surface area contributed by atoms with Gasteiger partial charge in [-0.3, -0.25) is 9.59 Å². The van der Waals surface area contributed by atoms with Crippen molar-refractivity contribution in [2.45, 2.75) is 50.1 Å². The second kappa shape index (κ2) is 9.54. The van der Waals surface area contributed by atoms with Crippen LogP contribution in [-0.2, 0) is 27.7 Å². The Morgan fingerprint density at radius 3 is 2.61 bits per heavy atom. The van der Waals surface area contributed by atoms with Gasteiger partial charge in [0.05, 0.1) is 4.90 Å². The van der Waals surface area contributed by atoms with Gasteiger partial charge in [-0.25, -0.2) is 13.4 Å². The summed E-state index contributed by atoms with van der Waals surface area (Å²) in [5.41, 5.74) is 2.53. The fourth-order valence-electron chi connectivity index (χ4n) is 3.85. The molecular weight excluding hydrogens is 436 g/mol. The van der Waals surface area contributed by atoms with Crippen molar-refractivity contribution >= 4 is 33.4 Å². The third-order valence-electron chi connectivity index (χ3n) is 5.57. The number of fused-ring (bicyclic) bond motifs is 1. The van der Waals surface area contributed by atoms with Crippen LogP contribution in [0.15, 0.2) is 33.0 Å². The zero-order valence-corrected chi connectivity index (χ0v) is 19.9. The first-order valence-corrected chi connectivity index (χ1v) is 13.0.